The van der Waals surface area contributed by atoms with Crippen molar-refractivity contribution in [2.24, 2.45) is 11.1 Å². The van der Waals surface area contributed by atoms with E-state index in [1.807, 2.05) is 0 Å². The summed E-state index contributed by atoms with van der Waals surface area (Å²) in [7, 11) is 0. The first-order chi connectivity index (χ1) is 8.82. The van der Waals surface area contributed by atoms with E-state index in [-0.39, 0.29) is 29.5 Å². The van der Waals surface area contributed by atoms with Gasteiger partial charge in [-0.2, -0.15) is 0 Å². The Bertz CT molecular complexity index is 523. The van der Waals surface area contributed by atoms with Crippen molar-refractivity contribution >= 4 is 11.8 Å². The Balaban J connectivity index is 2.20. The van der Waals surface area contributed by atoms with E-state index in [0.29, 0.717) is 13.0 Å². The molecule has 102 valence electrons. The van der Waals surface area contributed by atoms with Gasteiger partial charge in [-0.05, 0) is 25.5 Å². The number of likely N-dealkylation sites (tertiary alicyclic amines) is 1. The van der Waals surface area contributed by atoms with Crippen LogP contribution in [-0.2, 0) is 4.79 Å². The first-order valence-electron chi connectivity index (χ1n) is 5.94. The van der Waals surface area contributed by atoms with Crippen LogP contribution in [0.15, 0.2) is 18.2 Å². The van der Waals surface area contributed by atoms with Crippen molar-refractivity contribution in [2.75, 3.05) is 13.1 Å². The van der Waals surface area contributed by atoms with Crippen molar-refractivity contribution < 1.29 is 19.8 Å². The van der Waals surface area contributed by atoms with Crippen LogP contribution < -0.4 is 5.73 Å². The van der Waals surface area contributed by atoms with Gasteiger partial charge in [0.15, 0.2) is 0 Å². The first-order valence-corrected chi connectivity index (χ1v) is 5.94. The van der Waals surface area contributed by atoms with Gasteiger partial charge in [0.1, 0.15) is 11.5 Å². The zero-order valence-corrected chi connectivity index (χ0v) is 10.6. The summed E-state index contributed by atoms with van der Waals surface area (Å²) in [6, 6.07) is 3.71. The Hall–Kier alpha value is -2.24. The third-order valence-electron chi connectivity index (χ3n) is 3.50. The molecular weight excluding hydrogens is 248 g/mol. The highest BCUT2D eigenvalue weighted by Gasteiger charge is 2.40. The molecule has 0 bridgehead atoms. The molecule has 0 aliphatic carbocycles. The molecule has 1 heterocycles. The SMILES string of the molecule is CC1(C(N)=O)CCN(C(=O)c2cc(O)cc(O)c2)C1. The third-order valence-corrected chi connectivity index (χ3v) is 3.50. The summed E-state index contributed by atoms with van der Waals surface area (Å²) in [6.45, 7) is 2.40. The van der Waals surface area contributed by atoms with Gasteiger partial charge in [0.2, 0.25) is 5.91 Å². The van der Waals surface area contributed by atoms with Crippen LogP contribution >= 0.6 is 0 Å². The maximum Gasteiger partial charge on any atom is 0.254 e. The van der Waals surface area contributed by atoms with Crippen LogP contribution in [0.25, 0.3) is 0 Å². The summed E-state index contributed by atoms with van der Waals surface area (Å²) in [4.78, 5) is 25.1. The predicted octanol–water partition coefficient (Wildman–Crippen LogP) is 0.435. The summed E-state index contributed by atoms with van der Waals surface area (Å²) in [6.07, 6.45) is 0.513. The van der Waals surface area contributed by atoms with Crippen molar-refractivity contribution in [1.82, 2.24) is 4.90 Å². The predicted molar refractivity (Wildman–Crippen MR) is 67.6 cm³/mol. The number of carbonyl (C=O) groups is 2. The second-order valence-electron chi connectivity index (χ2n) is 5.14. The molecule has 1 aliphatic rings. The van der Waals surface area contributed by atoms with E-state index in [9.17, 15) is 19.8 Å². The largest absolute Gasteiger partial charge is 0.508 e. The van der Waals surface area contributed by atoms with Gasteiger partial charge < -0.3 is 20.8 Å². The van der Waals surface area contributed by atoms with E-state index in [4.69, 9.17) is 5.73 Å². The molecule has 2 amide bonds. The summed E-state index contributed by atoms with van der Waals surface area (Å²) >= 11 is 0. The molecule has 1 unspecified atom stereocenters. The molecular formula is C13H16N2O4. The smallest absolute Gasteiger partial charge is 0.254 e. The molecule has 6 heteroatoms. The van der Waals surface area contributed by atoms with Crippen LogP contribution in [0.3, 0.4) is 0 Å². The fourth-order valence-electron chi connectivity index (χ4n) is 2.24. The van der Waals surface area contributed by atoms with Gasteiger partial charge in [-0.1, -0.05) is 0 Å². The van der Waals surface area contributed by atoms with Crippen LogP contribution in [0.4, 0.5) is 0 Å². The van der Waals surface area contributed by atoms with E-state index < -0.39 is 11.3 Å². The number of phenolic OH excluding ortho intramolecular Hbond substituents is 2. The number of benzene rings is 1. The monoisotopic (exact) mass is 264 g/mol. The Kier molecular flexibility index (Phi) is 3.09. The lowest BCUT2D eigenvalue weighted by Gasteiger charge is -2.21. The Labute approximate surface area is 110 Å². The molecule has 0 saturated carbocycles. The van der Waals surface area contributed by atoms with E-state index in [2.05, 4.69) is 0 Å². The zero-order chi connectivity index (χ0) is 14.2. The average Bonchev–Trinajstić information content (AvgIpc) is 2.71. The number of hydrogen-bond acceptors (Lipinski definition) is 4. The molecule has 4 N–H and O–H groups in total. The third kappa shape index (κ3) is 2.47. The summed E-state index contributed by atoms with van der Waals surface area (Å²) < 4.78 is 0. The van der Waals surface area contributed by atoms with E-state index >= 15 is 0 Å². The number of phenols is 2. The molecule has 2 rings (SSSR count). The first kappa shape index (κ1) is 13.2. The number of carbonyl (C=O) groups excluding carboxylic acids is 2. The van der Waals surface area contributed by atoms with Gasteiger partial charge in [-0.15, -0.1) is 0 Å². The minimum atomic E-state index is -0.714. The number of rotatable bonds is 2. The molecule has 1 atom stereocenters. The number of aromatic hydroxyl groups is 2. The van der Waals surface area contributed by atoms with Crippen molar-refractivity contribution in [3.05, 3.63) is 23.8 Å². The average molecular weight is 264 g/mol. The molecule has 1 aromatic rings. The second-order valence-corrected chi connectivity index (χ2v) is 5.14. The normalized spacial score (nSPS) is 22.5. The molecule has 0 radical (unpaired) electrons. The Morgan fingerprint density at radius 3 is 2.32 bits per heavy atom. The highest BCUT2D eigenvalue weighted by molar-refractivity contribution is 5.96. The van der Waals surface area contributed by atoms with E-state index in [1.54, 1.807) is 6.92 Å². The minimum Gasteiger partial charge on any atom is -0.508 e. The number of primary amides is 1. The minimum absolute atomic E-state index is 0.180. The molecule has 1 aromatic carbocycles. The molecule has 1 fully saturated rings. The highest BCUT2D eigenvalue weighted by atomic mass is 16.3. The van der Waals surface area contributed by atoms with Gasteiger partial charge in [0, 0.05) is 24.7 Å². The van der Waals surface area contributed by atoms with Crippen molar-refractivity contribution in [1.29, 1.82) is 0 Å². The number of nitrogens with zero attached hydrogens (tertiary/aromatic N) is 1. The van der Waals surface area contributed by atoms with E-state index in [0.717, 1.165) is 6.07 Å². The summed E-state index contributed by atoms with van der Waals surface area (Å²) in [5, 5.41) is 18.7. The van der Waals surface area contributed by atoms with Gasteiger partial charge in [0.25, 0.3) is 5.91 Å². The highest BCUT2D eigenvalue weighted by Crippen LogP contribution is 2.31. The van der Waals surface area contributed by atoms with Crippen LogP contribution in [0, 0.1) is 5.41 Å². The lowest BCUT2D eigenvalue weighted by atomic mass is 9.89. The molecule has 19 heavy (non-hydrogen) atoms. The summed E-state index contributed by atoms with van der Waals surface area (Å²) in [5.74, 6) is -1.13. The maximum atomic E-state index is 12.2. The zero-order valence-electron chi connectivity index (χ0n) is 10.6. The van der Waals surface area contributed by atoms with Crippen molar-refractivity contribution in [3.63, 3.8) is 0 Å². The molecule has 1 aliphatic heterocycles. The van der Waals surface area contributed by atoms with Crippen molar-refractivity contribution in [3.8, 4) is 11.5 Å². The second kappa shape index (κ2) is 4.46. The quantitative estimate of drug-likeness (QED) is 0.720. The maximum absolute atomic E-state index is 12.2. The Morgan fingerprint density at radius 2 is 1.84 bits per heavy atom. The fraction of sp³-hybridized carbons (Fsp3) is 0.385. The van der Waals surface area contributed by atoms with Crippen LogP contribution in [0.1, 0.15) is 23.7 Å². The molecule has 1 saturated heterocycles. The number of amides is 2. The molecule has 6 nitrogen and oxygen atoms in total. The number of nitrogens with two attached hydrogens (primary N) is 1. The summed E-state index contributed by atoms with van der Waals surface area (Å²) in [5.41, 5.74) is 4.80. The van der Waals surface area contributed by atoms with Crippen LogP contribution in [-0.4, -0.2) is 40.0 Å². The van der Waals surface area contributed by atoms with Gasteiger partial charge in [-0.3, -0.25) is 9.59 Å². The molecule has 0 spiro atoms. The van der Waals surface area contributed by atoms with Crippen LogP contribution in [0.5, 0.6) is 11.5 Å². The lowest BCUT2D eigenvalue weighted by molar-refractivity contribution is -0.126. The van der Waals surface area contributed by atoms with Crippen LogP contribution in [0.2, 0.25) is 0 Å². The standard InChI is InChI=1S/C13H16N2O4/c1-13(12(14)19)2-3-15(7-13)11(18)8-4-9(16)6-10(17)5-8/h4-6,16-17H,2-3,7H2,1H3,(H2,14,19). The fourth-order valence-corrected chi connectivity index (χ4v) is 2.24. The topological polar surface area (TPSA) is 104 Å². The van der Waals surface area contributed by atoms with E-state index in [1.165, 1.54) is 17.0 Å². The van der Waals surface area contributed by atoms with Gasteiger partial charge in [0.05, 0.1) is 5.41 Å². The van der Waals surface area contributed by atoms with Crippen molar-refractivity contribution in [2.45, 2.75) is 13.3 Å². The number of hydrogen-bond donors (Lipinski definition) is 3. The van der Waals surface area contributed by atoms with Gasteiger partial charge >= 0.3 is 0 Å². The lowest BCUT2D eigenvalue weighted by Crippen LogP contribution is -2.38. The molecule has 0 aromatic heterocycles. The Morgan fingerprint density at radius 1 is 1.26 bits per heavy atom. The van der Waals surface area contributed by atoms with Gasteiger partial charge in [-0.25, -0.2) is 0 Å².